The summed E-state index contributed by atoms with van der Waals surface area (Å²) in [7, 11) is 0. The van der Waals surface area contributed by atoms with E-state index in [4.69, 9.17) is 16.0 Å². The summed E-state index contributed by atoms with van der Waals surface area (Å²) in [6.45, 7) is 2.69. The van der Waals surface area contributed by atoms with E-state index >= 15 is 0 Å². The van der Waals surface area contributed by atoms with E-state index in [1.807, 2.05) is 4.90 Å². The molecule has 5 heteroatoms. The zero-order valence-electron chi connectivity index (χ0n) is 9.04. The summed E-state index contributed by atoms with van der Waals surface area (Å²) in [6, 6.07) is 3.50. The van der Waals surface area contributed by atoms with E-state index in [1.54, 1.807) is 12.1 Å². The number of hydrogen-bond donors (Lipinski definition) is 1. The molecule has 0 unspecified atom stereocenters. The van der Waals surface area contributed by atoms with Crippen LogP contribution in [0, 0.1) is 0 Å². The molecule has 0 spiro atoms. The molecule has 1 aliphatic heterocycles. The zero-order chi connectivity index (χ0) is 11.4. The van der Waals surface area contributed by atoms with Gasteiger partial charge in [-0.2, -0.15) is 0 Å². The van der Waals surface area contributed by atoms with E-state index in [2.05, 4.69) is 5.32 Å². The Bertz CT molecular complexity index is 359. The van der Waals surface area contributed by atoms with Gasteiger partial charge in [0.15, 0.2) is 5.22 Å². The molecule has 1 aliphatic rings. The van der Waals surface area contributed by atoms with E-state index in [0.29, 0.717) is 18.3 Å². The first-order valence-corrected chi connectivity index (χ1v) is 5.86. The van der Waals surface area contributed by atoms with Gasteiger partial charge in [0.1, 0.15) is 5.76 Å². The SMILES string of the molecule is O=C(CNCc1ccc(Cl)o1)N1CCCC1. The van der Waals surface area contributed by atoms with Crippen LogP contribution < -0.4 is 5.32 Å². The highest BCUT2D eigenvalue weighted by Crippen LogP contribution is 2.12. The van der Waals surface area contributed by atoms with Gasteiger partial charge >= 0.3 is 0 Å². The topological polar surface area (TPSA) is 45.5 Å². The molecular weight excluding hydrogens is 228 g/mol. The van der Waals surface area contributed by atoms with Crippen LogP contribution in [0.1, 0.15) is 18.6 Å². The Kier molecular flexibility index (Phi) is 3.85. The Labute approximate surface area is 99.5 Å². The smallest absolute Gasteiger partial charge is 0.236 e. The van der Waals surface area contributed by atoms with E-state index in [-0.39, 0.29) is 5.91 Å². The first kappa shape index (κ1) is 11.5. The molecule has 0 aromatic carbocycles. The molecule has 0 radical (unpaired) electrons. The molecule has 2 rings (SSSR count). The summed E-state index contributed by atoms with van der Waals surface area (Å²) in [5, 5.41) is 3.43. The largest absolute Gasteiger partial charge is 0.448 e. The maximum atomic E-state index is 11.6. The Balaban J connectivity index is 1.69. The van der Waals surface area contributed by atoms with Crippen LogP contribution in [0.3, 0.4) is 0 Å². The molecule has 4 nitrogen and oxygen atoms in total. The first-order valence-electron chi connectivity index (χ1n) is 5.48. The second-order valence-corrected chi connectivity index (χ2v) is 4.27. The summed E-state index contributed by atoms with van der Waals surface area (Å²) in [6.07, 6.45) is 2.25. The van der Waals surface area contributed by atoms with Crippen molar-refractivity contribution in [2.75, 3.05) is 19.6 Å². The molecule has 16 heavy (non-hydrogen) atoms. The van der Waals surface area contributed by atoms with Gasteiger partial charge in [-0.1, -0.05) is 0 Å². The predicted molar refractivity (Wildman–Crippen MR) is 61.2 cm³/mol. The lowest BCUT2D eigenvalue weighted by atomic mass is 10.4. The summed E-state index contributed by atoms with van der Waals surface area (Å²) in [5.41, 5.74) is 0. The zero-order valence-corrected chi connectivity index (χ0v) is 9.79. The number of nitrogens with zero attached hydrogens (tertiary/aromatic N) is 1. The van der Waals surface area contributed by atoms with Crippen molar-refractivity contribution in [3.05, 3.63) is 23.1 Å². The number of furan rings is 1. The number of carbonyl (C=O) groups excluding carboxylic acids is 1. The Morgan fingerprint density at radius 2 is 2.19 bits per heavy atom. The van der Waals surface area contributed by atoms with Gasteiger partial charge in [-0.3, -0.25) is 4.79 Å². The molecule has 2 heterocycles. The molecule has 1 saturated heterocycles. The van der Waals surface area contributed by atoms with Crippen LogP contribution in [0.25, 0.3) is 0 Å². The number of halogens is 1. The van der Waals surface area contributed by atoms with Crippen molar-refractivity contribution < 1.29 is 9.21 Å². The Morgan fingerprint density at radius 3 is 2.81 bits per heavy atom. The molecule has 1 N–H and O–H groups in total. The van der Waals surface area contributed by atoms with Gasteiger partial charge in [-0.15, -0.1) is 0 Å². The second kappa shape index (κ2) is 5.37. The van der Waals surface area contributed by atoms with Gasteiger partial charge in [0.2, 0.25) is 5.91 Å². The Morgan fingerprint density at radius 1 is 1.44 bits per heavy atom. The lowest BCUT2D eigenvalue weighted by Gasteiger charge is -2.14. The second-order valence-electron chi connectivity index (χ2n) is 3.90. The maximum absolute atomic E-state index is 11.6. The van der Waals surface area contributed by atoms with Crippen LogP contribution in [0.15, 0.2) is 16.5 Å². The fraction of sp³-hybridized carbons (Fsp3) is 0.545. The minimum absolute atomic E-state index is 0.162. The first-order chi connectivity index (χ1) is 7.75. The number of nitrogens with one attached hydrogen (secondary N) is 1. The van der Waals surface area contributed by atoms with Gasteiger partial charge in [0, 0.05) is 13.1 Å². The average Bonchev–Trinajstić information content (AvgIpc) is 2.89. The van der Waals surface area contributed by atoms with Crippen molar-refractivity contribution >= 4 is 17.5 Å². The summed E-state index contributed by atoms with van der Waals surface area (Å²) >= 11 is 5.64. The molecule has 1 aromatic rings. The average molecular weight is 243 g/mol. The number of rotatable bonds is 4. The molecule has 0 bridgehead atoms. The third kappa shape index (κ3) is 3.00. The highest BCUT2D eigenvalue weighted by atomic mass is 35.5. The summed E-state index contributed by atoms with van der Waals surface area (Å²) in [4.78, 5) is 13.5. The van der Waals surface area contributed by atoms with Crippen molar-refractivity contribution in [1.29, 1.82) is 0 Å². The molecule has 88 valence electrons. The van der Waals surface area contributed by atoms with Crippen molar-refractivity contribution in [3.8, 4) is 0 Å². The summed E-state index contributed by atoms with van der Waals surface area (Å²) < 4.78 is 5.17. The van der Waals surface area contributed by atoms with Gasteiger partial charge in [-0.25, -0.2) is 0 Å². The van der Waals surface area contributed by atoms with E-state index < -0.39 is 0 Å². The van der Waals surface area contributed by atoms with Gasteiger partial charge in [-0.05, 0) is 36.6 Å². The molecule has 0 saturated carbocycles. The number of likely N-dealkylation sites (tertiary alicyclic amines) is 1. The predicted octanol–water partition coefficient (Wildman–Crippen LogP) is 1.65. The summed E-state index contributed by atoms with van der Waals surface area (Å²) in [5.74, 6) is 0.911. The normalized spacial score (nSPS) is 15.7. The monoisotopic (exact) mass is 242 g/mol. The van der Waals surface area contributed by atoms with Crippen LogP contribution in [0.2, 0.25) is 5.22 Å². The number of carbonyl (C=O) groups is 1. The lowest BCUT2D eigenvalue weighted by molar-refractivity contribution is -0.129. The molecule has 0 atom stereocenters. The van der Waals surface area contributed by atoms with E-state index in [1.165, 1.54) is 0 Å². The number of amides is 1. The minimum atomic E-state index is 0.162. The maximum Gasteiger partial charge on any atom is 0.236 e. The van der Waals surface area contributed by atoms with Crippen molar-refractivity contribution in [2.45, 2.75) is 19.4 Å². The molecule has 1 aromatic heterocycles. The van der Waals surface area contributed by atoms with Crippen LogP contribution >= 0.6 is 11.6 Å². The molecule has 1 fully saturated rings. The Hall–Kier alpha value is -1.00. The van der Waals surface area contributed by atoms with Crippen molar-refractivity contribution in [1.82, 2.24) is 10.2 Å². The highest BCUT2D eigenvalue weighted by molar-refractivity contribution is 6.28. The third-order valence-electron chi connectivity index (χ3n) is 2.66. The van der Waals surface area contributed by atoms with E-state index in [0.717, 1.165) is 31.7 Å². The third-order valence-corrected chi connectivity index (χ3v) is 2.87. The highest BCUT2D eigenvalue weighted by Gasteiger charge is 2.16. The molecule has 1 amide bonds. The fourth-order valence-electron chi connectivity index (χ4n) is 1.82. The van der Waals surface area contributed by atoms with Crippen LogP contribution in [0.5, 0.6) is 0 Å². The van der Waals surface area contributed by atoms with E-state index in [9.17, 15) is 4.79 Å². The van der Waals surface area contributed by atoms with Crippen LogP contribution in [-0.4, -0.2) is 30.4 Å². The lowest BCUT2D eigenvalue weighted by Crippen LogP contribution is -2.35. The fourth-order valence-corrected chi connectivity index (χ4v) is 1.98. The van der Waals surface area contributed by atoms with Crippen LogP contribution in [-0.2, 0) is 11.3 Å². The van der Waals surface area contributed by atoms with Crippen molar-refractivity contribution in [3.63, 3.8) is 0 Å². The van der Waals surface area contributed by atoms with Gasteiger partial charge in [0.25, 0.3) is 0 Å². The van der Waals surface area contributed by atoms with Crippen LogP contribution in [0.4, 0.5) is 0 Å². The minimum Gasteiger partial charge on any atom is -0.448 e. The molecule has 0 aliphatic carbocycles. The van der Waals surface area contributed by atoms with Gasteiger partial charge < -0.3 is 14.6 Å². The van der Waals surface area contributed by atoms with Crippen molar-refractivity contribution in [2.24, 2.45) is 0 Å². The number of hydrogen-bond acceptors (Lipinski definition) is 3. The standard InChI is InChI=1S/C11H15ClN2O2/c12-10-4-3-9(16-10)7-13-8-11(15)14-5-1-2-6-14/h3-4,13H,1-2,5-8H2. The molecular formula is C11H15ClN2O2. The van der Waals surface area contributed by atoms with Gasteiger partial charge in [0.05, 0.1) is 13.1 Å². The quantitative estimate of drug-likeness (QED) is 0.873.